The largest absolute Gasteiger partial charge is 0.481 e. The van der Waals surface area contributed by atoms with Gasteiger partial charge in [-0.25, -0.2) is 0 Å². The summed E-state index contributed by atoms with van der Waals surface area (Å²) < 4.78 is 5.96. The van der Waals surface area contributed by atoms with Crippen LogP contribution in [0.25, 0.3) is 0 Å². The predicted octanol–water partition coefficient (Wildman–Crippen LogP) is 13.1. The molecule has 0 fully saturated rings. The Labute approximate surface area is 268 Å². The van der Waals surface area contributed by atoms with E-state index in [0.29, 0.717) is 12.8 Å². The first-order valence-electron chi connectivity index (χ1n) is 19.2. The molecule has 0 heterocycles. The maximum atomic E-state index is 12.5. The maximum Gasteiger partial charge on any atom is 0.306 e. The molecule has 1 unspecified atom stereocenters. The molecule has 0 spiro atoms. The Hall–Kier alpha value is -1.32. The Morgan fingerprint density at radius 3 is 1.30 bits per heavy atom. The molecule has 0 aromatic carbocycles. The van der Waals surface area contributed by atoms with E-state index in [-0.39, 0.29) is 12.1 Å². The summed E-state index contributed by atoms with van der Waals surface area (Å²) in [5.41, 5.74) is 0. The summed E-state index contributed by atoms with van der Waals surface area (Å²) in [6.07, 6.45) is 42.6. The monoisotopic (exact) mass is 607 g/mol. The number of hydrogen-bond donors (Lipinski definition) is 1. The molecule has 0 aromatic rings. The Bertz CT molecular complexity index is 614. The number of carboxylic acid groups (broad SMARTS) is 1. The average Bonchev–Trinajstić information content (AvgIpc) is 2.99. The van der Waals surface area contributed by atoms with Gasteiger partial charge in [-0.3, -0.25) is 9.59 Å². The lowest BCUT2D eigenvalue weighted by Crippen LogP contribution is -2.18. The van der Waals surface area contributed by atoms with Gasteiger partial charge < -0.3 is 9.84 Å². The summed E-state index contributed by atoms with van der Waals surface area (Å²) in [5, 5.41) is 8.67. The van der Waals surface area contributed by atoms with Gasteiger partial charge in [-0.1, -0.05) is 154 Å². The van der Waals surface area contributed by atoms with Crippen LogP contribution in [0, 0.1) is 0 Å². The highest BCUT2D eigenvalue weighted by molar-refractivity contribution is 5.69. The minimum absolute atomic E-state index is 0.0332. The lowest BCUT2D eigenvalue weighted by molar-refractivity contribution is -0.150. The first-order chi connectivity index (χ1) is 21.1. The van der Waals surface area contributed by atoms with Crippen LogP contribution in [0.1, 0.15) is 219 Å². The van der Waals surface area contributed by atoms with Crippen molar-refractivity contribution < 1.29 is 19.4 Å². The molecule has 1 N–H and O–H groups in total. The minimum Gasteiger partial charge on any atom is -0.481 e. The van der Waals surface area contributed by atoms with Crippen LogP contribution in [0.4, 0.5) is 0 Å². The summed E-state index contributed by atoms with van der Waals surface area (Å²) in [6.45, 7) is 4.50. The Kier molecular flexibility index (Phi) is 34.1. The van der Waals surface area contributed by atoms with Crippen LogP contribution < -0.4 is 0 Å². The number of unbranched alkanes of at least 4 members (excludes halogenated alkanes) is 24. The van der Waals surface area contributed by atoms with Gasteiger partial charge >= 0.3 is 11.9 Å². The van der Waals surface area contributed by atoms with E-state index in [0.717, 1.165) is 38.5 Å². The predicted molar refractivity (Wildman–Crippen MR) is 186 cm³/mol. The van der Waals surface area contributed by atoms with Gasteiger partial charge in [-0.2, -0.15) is 0 Å². The van der Waals surface area contributed by atoms with Crippen molar-refractivity contribution in [3.8, 4) is 0 Å². The summed E-state index contributed by atoms with van der Waals surface area (Å²) in [6, 6.07) is 0. The number of carboxylic acids is 1. The number of ether oxygens (including phenoxy) is 1. The SMILES string of the molecule is CCCCCC/C=C\CCCCCCCCC(=O)OC(CCCCC)CCCCCCCCCCCCCCCC(=O)O. The van der Waals surface area contributed by atoms with Crippen LogP contribution >= 0.6 is 0 Å². The topological polar surface area (TPSA) is 63.6 Å². The van der Waals surface area contributed by atoms with E-state index in [9.17, 15) is 9.59 Å². The lowest BCUT2D eigenvalue weighted by atomic mass is 10.0. The van der Waals surface area contributed by atoms with Crippen molar-refractivity contribution in [3.63, 3.8) is 0 Å². The molecule has 0 aliphatic carbocycles. The van der Waals surface area contributed by atoms with Crippen molar-refractivity contribution in [2.24, 2.45) is 0 Å². The molecular formula is C39H74O4. The first-order valence-corrected chi connectivity index (χ1v) is 19.2. The molecule has 0 aliphatic heterocycles. The molecular weight excluding hydrogens is 532 g/mol. The number of allylic oxidation sites excluding steroid dienone is 2. The highest BCUT2D eigenvalue weighted by atomic mass is 16.5. The quantitative estimate of drug-likeness (QED) is 0.0443. The van der Waals surface area contributed by atoms with E-state index in [1.165, 1.54) is 154 Å². The molecule has 0 rings (SSSR count). The zero-order valence-corrected chi connectivity index (χ0v) is 29.0. The van der Waals surface area contributed by atoms with Gasteiger partial charge in [0.05, 0.1) is 0 Å². The van der Waals surface area contributed by atoms with E-state index in [2.05, 4.69) is 26.0 Å². The zero-order valence-electron chi connectivity index (χ0n) is 29.0. The number of aliphatic carboxylic acids is 1. The minimum atomic E-state index is -0.667. The third kappa shape index (κ3) is 35.0. The van der Waals surface area contributed by atoms with Crippen LogP contribution in [0.5, 0.6) is 0 Å². The van der Waals surface area contributed by atoms with E-state index >= 15 is 0 Å². The van der Waals surface area contributed by atoms with Gasteiger partial charge in [0, 0.05) is 12.8 Å². The normalized spacial score (nSPS) is 12.2. The Morgan fingerprint density at radius 2 is 0.837 bits per heavy atom. The fourth-order valence-corrected chi connectivity index (χ4v) is 5.89. The summed E-state index contributed by atoms with van der Waals surface area (Å²) in [5.74, 6) is -0.634. The van der Waals surface area contributed by atoms with Gasteiger partial charge in [0.25, 0.3) is 0 Å². The molecule has 0 radical (unpaired) electrons. The Balaban J connectivity index is 3.72. The summed E-state index contributed by atoms with van der Waals surface area (Å²) in [4.78, 5) is 23.0. The third-order valence-corrected chi connectivity index (χ3v) is 8.74. The highest BCUT2D eigenvalue weighted by Crippen LogP contribution is 2.18. The van der Waals surface area contributed by atoms with Gasteiger partial charge in [-0.15, -0.1) is 0 Å². The van der Waals surface area contributed by atoms with Crippen LogP contribution in [-0.4, -0.2) is 23.1 Å². The molecule has 0 bridgehead atoms. The van der Waals surface area contributed by atoms with Crippen LogP contribution in [0.15, 0.2) is 12.2 Å². The van der Waals surface area contributed by atoms with Crippen molar-refractivity contribution >= 4 is 11.9 Å². The molecule has 0 saturated carbocycles. The van der Waals surface area contributed by atoms with Crippen molar-refractivity contribution in [2.75, 3.05) is 0 Å². The summed E-state index contributed by atoms with van der Waals surface area (Å²) in [7, 11) is 0. The zero-order chi connectivity index (χ0) is 31.5. The number of esters is 1. The summed E-state index contributed by atoms with van der Waals surface area (Å²) >= 11 is 0. The lowest BCUT2D eigenvalue weighted by Gasteiger charge is -2.18. The molecule has 43 heavy (non-hydrogen) atoms. The van der Waals surface area contributed by atoms with E-state index in [1.807, 2.05) is 0 Å². The molecule has 0 saturated heterocycles. The molecule has 0 aliphatic rings. The average molecular weight is 607 g/mol. The fraction of sp³-hybridized carbons (Fsp3) is 0.897. The first kappa shape index (κ1) is 41.7. The van der Waals surface area contributed by atoms with Crippen LogP contribution in [0.3, 0.4) is 0 Å². The Morgan fingerprint density at radius 1 is 0.488 bits per heavy atom. The second kappa shape index (κ2) is 35.2. The van der Waals surface area contributed by atoms with E-state index in [4.69, 9.17) is 9.84 Å². The standard InChI is InChI=1S/C39H74O4/c1-3-5-7-8-9-10-11-12-16-19-22-25-28-32-36-39(42)43-37(33-29-6-4-2)34-30-26-23-20-17-14-13-15-18-21-24-27-31-35-38(40)41/h10-11,37H,3-9,12-36H2,1-2H3,(H,40,41)/b11-10-. The number of carbonyl (C=O) groups is 2. The van der Waals surface area contributed by atoms with Crippen molar-refractivity contribution in [3.05, 3.63) is 12.2 Å². The van der Waals surface area contributed by atoms with Crippen molar-refractivity contribution in [2.45, 2.75) is 225 Å². The maximum absolute atomic E-state index is 12.5. The van der Waals surface area contributed by atoms with Gasteiger partial charge in [-0.05, 0) is 64.2 Å². The fourth-order valence-electron chi connectivity index (χ4n) is 5.89. The van der Waals surface area contributed by atoms with Crippen LogP contribution in [0.2, 0.25) is 0 Å². The van der Waals surface area contributed by atoms with E-state index < -0.39 is 5.97 Å². The highest BCUT2D eigenvalue weighted by Gasteiger charge is 2.14. The van der Waals surface area contributed by atoms with Crippen molar-refractivity contribution in [1.82, 2.24) is 0 Å². The second-order valence-corrected chi connectivity index (χ2v) is 13.1. The number of carbonyl (C=O) groups excluding carboxylic acids is 1. The molecule has 4 nitrogen and oxygen atoms in total. The number of rotatable bonds is 35. The molecule has 254 valence electrons. The molecule has 4 heteroatoms. The molecule has 1 atom stereocenters. The second-order valence-electron chi connectivity index (χ2n) is 13.1. The van der Waals surface area contributed by atoms with Crippen LogP contribution in [-0.2, 0) is 14.3 Å². The number of hydrogen-bond acceptors (Lipinski definition) is 3. The van der Waals surface area contributed by atoms with Crippen molar-refractivity contribution in [1.29, 1.82) is 0 Å². The molecule has 0 aromatic heterocycles. The van der Waals surface area contributed by atoms with Gasteiger partial charge in [0.2, 0.25) is 0 Å². The molecule has 0 amide bonds. The third-order valence-electron chi connectivity index (χ3n) is 8.74. The van der Waals surface area contributed by atoms with Gasteiger partial charge in [0.1, 0.15) is 6.10 Å². The smallest absolute Gasteiger partial charge is 0.306 e. The van der Waals surface area contributed by atoms with E-state index in [1.54, 1.807) is 0 Å². The van der Waals surface area contributed by atoms with Gasteiger partial charge in [0.15, 0.2) is 0 Å².